The zero-order chi connectivity index (χ0) is 16.5. The standard InChI is InChI=1S/C18H13N3O3/c22-16-10-24-15-6-5-12(9-14(15)21-16)20-18(23)17-13-4-2-1-3-11(13)7-8-19-17/h1-9H,10H2,(H,20,23)(H,21,22). The molecule has 0 unspecified atom stereocenters. The molecule has 0 aliphatic carbocycles. The molecule has 1 aromatic heterocycles. The maximum Gasteiger partial charge on any atom is 0.274 e. The van der Waals surface area contributed by atoms with E-state index in [4.69, 9.17) is 4.74 Å². The highest BCUT2D eigenvalue weighted by atomic mass is 16.5. The molecule has 0 fully saturated rings. The zero-order valence-corrected chi connectivity index (χ0v) is 12.6. The molecular weight excluding hydrogens is 306 g/mol. The van der Waals surface area contributed by atoms with Gasteiger partial charge in [0.25, 0.3) is 11.8 Å². The van der Waals surface area contributed by atoms with E-state index >= 15 is 0 Å². The minimum atomic E-state index is -0.310. The molecular formula is C18H13N3O3. The van der Waals surface area contributed by atoms with Crippen LogP contribution in [0.2, 0.25) is 0 Å². The number of rotatable bonds is 2. The molecule has 2 amide bonds. The molecule has 0 bridgehead atoms. The maximum absolute atomic E-state index is 12.6. The van der Waals surface area contributed by atoms with Crippen molar-refractivity contribution in [2.45, 2.75) is 0 Å². The van der Waals surface area contributed by atoms with E-state index in [1.807, 2.05) is 30.3 Å². The van der Waals surface area contributed by atoms with Crippen molar-refractivity contribution in [2.24, 2.45) is 0 Å². The molecule has 2 aromatic carbocycles. The Labute approximate surface area is 137 Å². The molecule has 2 heterocycles. The molecule has 2 N–H and O–H groups in total. The van der Waals surface area contributed by atoms with E-state index in [1.165, 1.54) is 0 Å². The Balaban J connectivity index is 1.64. The van der Waals surface area contributed by atoms with Gasteiger partial charge >= 0.3 is 0 Å². The van der Waals surface area contributed by atoms with Crippen molar-refractivity contribution in [1.29, 1.82) is 0 Å². The molecule has 3 aromatic rings. The number of amides is 2. The Morgan fingerprint density at radius 3 is 2.96 bits per heavy atom. The second kappa shape index (κ2) is 5.66. The Bertz CT molecular complexity index is 963. The number of anilines is 2. The second-order valence-electron chi connectivity index (χ2n) is 5.38. The van der Waals surface area contributed by atoms with E-state index in [1.54, 1.807) is 24.4 Å². The van der Waals surface area contributed by atoms with E-state index < -0.39 is 0 Å². The summed E-state index contributed by atoms with van der Waals surface area (Å²) >= 11 is 0. The number of carbonyl (C=O) groups excluding carboxylic acids is 2. The molecule has 118 valence electrons. The number of hydrogen-bond acceptors (Lipinski definition) is 4. The van der Waals surface area contributed by atoms with Gasteiger partial charge in [-0.05, 0) is 29.7 Å². The van der Waals surface area contributed by atoms with Gasteiger partial charge in [0, 0.05) is 17.3 Å². The van der Waals surface area contributed by atoms with Gasteiger partial charge < -0.3 is 15.4 Å². The summed E-state index contributed by atoms with van der Waals surface area (Å²) in [5.74, 6) is 0.0485. The Morgan fingerprint density at radius 2 is 2.04 bits per heavy atom. The predicted molar refractivity (Wildman–Crippen MR) is 90.3 cm³/mol. The van der Waals surface area contributed by atoms with Crippen LogP contribution in [0, 0.1) is 0 Å². The normalized spacial score (nSPS) is 12.9. The van der Waals surface area contributed by atoms with Crippen LogP contribution in [0.15, 0.2) is 54.7 Å². The van der Waals surface area contributed by atoms with Gasteiger partial charge in [0.1, 0.15) is 11.4 Å². The summed E-state index contributed by atoms with van der Waals surface area (Å²) in [6, 6.07) is 14.5. The van der Waals surface area contributed by atoms with Gasteiger partial charge in [-0.3, -0.25) is 14.6 Å². The van der Waals surface area contributed by atoms with Crippen LogP contribution in [0.3, 0.4) is 0 Å². The fraction of sp³-hybridized carbons (Fsp3) is 0.0556. The van der Waals surface area contributed by atoms with Crippen LogP contribution in [0.4, 0.5) is 11.4 Å². The smallest absolute Gasteiger partial charge is 0.274 e. The highest BCUT2D eigenvalue weighted by molar-refractivity contribution is 6.11. The number of pyridine rings is 1. The van der Waals surface area contributed by atoms with Crippen molar-refractivity contribution < 1.29 is 14.3 Å². The van der Waals surface area contributed by atoms with E-state index in [2.05, 4.69) is 15.6 Å². The van der Waals surface area contributed by atoms with Gasteiger partial charge in [-0.2, -0.15) is 0 Å². The number of fused-ring (bicyclic) bond motifs is 2. The number of nitrogens with zero attached hydrogens (tertiary/aromatic N) is 1. The third kappa shape index (κ3) is 2.54. The van der Waals surface area contributed by atoms with Crippen LogP contribution in [0.5, 0.6) is 5.75 Å². The summed E-state index contributed by atoms with van der Waals surface area (Å²) in [5.41, 5.74) is 1.44. The van der Waals surface area contributed by atoms with Gasteiger partial charge in [-0.1, -0.05) is 24.3 Å². The lowest BCUT2D eigenvalue weighted by Gasteiger charge is -2.18. The summed E-state index contributed by atoms with van der Waals surface area (Å²) in [6.45, 7) is -0.00136. The fourth-order valence-corrected chi connectivity index (χ4v) is 2.65. The predicted octanol–water partition coefficient (Wildman–Crippen LogP) is 2.82. The van der Waals surface area contributed by atoms with E-state index in [9.17, 15) is 9.59 Å². The van der Waals surface area contributed by atoms with Crippen LogP contribution in [-0.4, -0.2) is 23.4 Å². The second-order valence-corrected chi connectivity index (χ2v) is 5.38. The molecule has 0 saturated carbocycles. The van der Waals surface area contributed by atoms with E-state index in [-0.39, 0.29) is 18.4 Å². The van der Waals surface area contributed by atoms with Crippen molar-refractivity contribution in [1.82, 2.24) is 4.98 Å². The Morgan fingerprint density at radius 1 is 1.17 bits per heavy atom. The van der Waals surface area contributed by atoms with Crippen LogP contribution in [0.1, 0.15) is 10.5 Å². The van der Waals surface area contributed by atoms with Crippen LogP contribution in [0.25, 0.3) is 10.8 Å². The average molecular weight is 319 g/mol. The topological polar surface area (TPSA) is 80.3 Å². The minimum absolute atomic E-state index is 0.00136. The Kier molecular flexibility index (Phi) is 3.35. The number of benzene rings is 2. The first-order valence-corrected chi connectivity index (χ1v) is 7.42. The fourth-order valence-electron chi connectivity index (χ4n) is 2.65. The highest BCUT2D eigenvalue weighted by Crippen LogP contribution is 2.30. The van der Waals surface area contributed by atoms with Gasteiger partial charge in [-0.25, -0.2) is 0 Å². The largest absolute Gasteiger partial charge is 0.482 e. The lowest BCUT2D eigenvalue weighted by molar-refractivity contribution is -0.118. The molecule has 1 aliphatic heterocycles. The van der Waals surface area contributed by atoms with Crippen molar-refractivity contribution in [3.63, 3.8) is 0 Å². The Hall–Kier alpha value is -3.41. The van der Waals surface area contributed by atoms with E-state index in [0.717, 1.165) is 10.8 Å². The van der Waals surface area contributed by atoms with Crippen molar-refractivity contribution in [3.8, 4) is 5.75 Å². The third-order valence-electron chi connectivity index (χ3n) is 3.76. The molecule has 0 radical (unpaired) electrons. The van der Waals surface area contributed by atoms with Gasteiger partial charge in [-0.15, -0.1) is 0 Å². The van der Waals surface area contributed by atoms with Gasteiger partial charge in [0.15, 0.2) is 6.61 Å². The highest BCUT2D eigenvalue weighted by Gasteiger charge is 2.17. The monoisotopic (exact) mass is 319 g/mol. The maximum atomic E-state index is 12.6. The number of carbonyl (C=O) groups is 2. The number of hydrogen-bond donors (Lipinski definition) is 2. The molecule has 0 saturated heterocycles. The van der Waals surface area contributed by atoms with Gasteiger partial charge in [0.2, 0.25) is 0 Å². The molecule has 6 nitrogen and oxygen atoms in total. The molecule has 0 atom stereocenters. The first-order valence-electron chi connectivity index (χ1n) is 7.42. The number of aromatic nitrogens is 1. The summed E-state index contributed by atoms with van der Waals surface area (Å²) in [7, 11) is 0. The lowest BCUT2D eigenvalue weighted by atomic mass is 10.1. The lowest BCUT2D eigenvalue weighted by Crippen LogP contribution is -2.25. The number of nitrogens with one attached hydrogen (secondary N) is 2. The summed E-state index contributed by atoms with van der Waals surface area (Å²) in [6.07, 6.45) is 1.61. The first kappa shape index (κ1) is 14.2. The number of ether oxygens (including phenoxy) is 1. The van der Waals surface area contributed by atoms with Crippen LogP contribution < -0.4 is 15.4 Å². The third-order valence-corrected chi connectivity index (χ3v) is 3.76. The molecule has 0 spiro atoms. The van der Waals surface area contributed by atoms with Crippen molar-refractivity contribution in [2.75, 3.05) is 17.2 Å². The summed E-state index contributed by atoms with van der Waals surface area (Å²) in [5, 5.41) is 7.25. The quantitative estimate of drug-likeness (QED) is 0.761. The summed E-state index contributed by atoms with van der Waals surface area (Å²) < 4.78 is 5.30. The minimum Gasteiger partial charge on any atom is -0.482 e. The van der Waals surface area contributed by atoms with E-state index in [0.29, 0.717) is 22.8 Å². The van der Waals surface area contributed by atoms with Crippen molar-refractivity contribution >= 4 is 34.0 Å². The van der Waals surface area contributed by atoms with Crippen molar-refractivity contribution in [3.05, 3.63) is 60.4 Å². The molecule has 6 heteroatoms. The molecule has 24 heavy (non-hydrogen) atoms. The molecule has 1 aliphatic rings. The SMILES string of the molecule is O=C1COc2ccc(NC(=O)c3nccc4ccccc34)cc2N1. The van der Waals surface area contributed by atoms with Crippen LogP contribution >= 0.6 is 0 Å². The summed E-state index contributed by atoms with van der Waals surface area (Å²) in [4.78, 5) is 28.2. The van der Waals surface area contributed by atoms with Crippen LogP contribution in [-0.2, 0) is 4.79 Å². The van der Waals surface area contributed by atoms with Gasteiger partial charge in [0.05, 0.1) is 5.69 Å². The first-order chi connectivity index (χ1) is 11.7. The zero-order valence-electron chi connectivity index (χ0n) is 12.6. The average Bonchev–Trinajstić information content (AvgIpc) is 2.61. The molecule has 4 rings (SSSR count).